The van der Waals surface area contributed by atoms with Crippen molar-refractivity contribution < 1.29 is 9.59 Å². The molecule has 0 aliphatic heterocycles. The predicted octanol–water partition coefficient (Wildman–Crippen LogP) is 3.42. The van der Waals surface area contributed by atoms with Crippen LogP contribution in [0, 0.1) is 0 Å². The second-order valence-electron chi connectivity index (χ2n) is 4.65. The lowest BCUT2D eigenvalue weighted by molar-refractivity contribution is 0.0843. The highest BCUT2D eigenvalue weighted by molar-refractivity contribution is 6.10. The summed E-state index contributed by atoms with van der Waals surface area (Å²) >= 11 is 0. The van der Waals surface area contributed by atoms with Gasteiger partial charge in [0.05, 0.1) is 0 Å². The van der Waals surface area contributed by atoms with Crippen molar-refractivity contribution in [2.75, 3.05) is 0 Å². The van der Waals surface area contributed by atoms with Gasteiger partial charge < -0.3 is 0 Å². The van der Waals surface area contributed by atoms with Crippen LogP contribution >= 0.6 is 0 Å². The first-order valence-electron chi connectivity index (χ1n) is 6.58. The summed E-state index contributed by atoms with van der Waals surface area (Å²) in [6.45, 7) is 0. The molecule has 0 N–H and O–H groups in total. The smallest absolute Gasteiger partial charge is 0.267 e. The molecule has 1 radical (unpaired) electrons. The maximum atomic E-state index is 12.1. The van der Waals surface area contributed by atoms with E-state index in [2.05, 4.69) is 5.32 Å². The molecule has 101 valence electrons. The quantitative estimate of drug-likeness (QED) is 0.672. The van der Waals surface area contributed by atoms with E-state index in [0.717, 1.165) is 10.8 Å². The maximum Gasteiger partial charge on any atom is 0.280 e. The van der Waals surface area contributed by atoms with Crippen molar-refractivity contribution in [1.29, 1.82) is 0 Å². The standard InChI is InChI=1S/C18H12NO2/c20-17(14-7-2-1-3-8-14)19-18(21)16-11-10-13-6-4-5-9-15(13)12-16/h1-12H. The molecule has 0 bridgehead atoms. The number of carbonyl (C=O) groups is 2. The van der Waals surface area contributed by atoms with Crippen LogP contribution in [0.25, 0.3) is 10.8 Å². The molecule has 0 aliphatic rings. The average Bonchev–Trinajstić information content (AvgIpc) is 2.55. The van der Waals surface area contributed by atoms with Gasteiger partial charge in [0.2, 0.25) is 0 Å². The van der Waals surface area contributed by atoms with Crippen molar-refractivity contribution in [2.45, 2.75) is 0 Å². The van der Waals surface area contributed by atoms with E-state index in [0.29, 0.717) is 11.1 Å². The summed E-state index contributed by atoms with van der Waals surface area (Å²) in [5, 5.41) is 5.64. The number of nitrogens with zero attached hydrogens (tertiary/aromatic N) is 1. The van der Waals surface area contributed by atoms with Gasteiger partial charge in [-0.2, -0.15) is 5.32 Å². The van der Waals surface area contributed by atoms with E-state index in [9.17, 15) is 9.59 Å². The molecule has 3 aromatic carbocycles. The molecule has 0 spiro atoms. The molecule has 0 unspecified atom stereocenters. The van der Waals surface area contributed by atoms with Crippen molar-refractivity contribution in [3.05, 3.63) is 83.9 Å². The Bertz CT molecular complexity index is 810. The van der Waals surface area contributed by atoms with Gasteiger partial charge in [0.15, 0.2) is 0 Å². The van der Waals surface area contributed by atoms with Gasteiger partial charge in [-0.25, -0.2) is 0 Å². The van der Waals surface area contributed by atoms with Crippen molar-refractivity contribution in [2.24, 2.45) is 0 Å². The number of carbonyl (C=O) groups excluding carboxylic acids is 2. The minimum Gasteiger partial charge on any atom is -0.267 e. The van der Waals surface area contributed by atoms with E-state index in [1.165, 1.54) is 0 Å². The van der Waals surface area contributed by atoms with E-state index in [4.69, 9.17) is 0 Å². The summed E-state index contributed by atoms with van der Waals surface area (Å²) in [4.78, 5) is 24.0. The third-order valence-electron chi connectivity index (χ3n) is 3.22. The molecule has 0 saturated heterocycles. The van der Waals surface area contributed by atoms with Crippen LogP contribution in [0.5, 0.6) is 0 Å². The number of rotatable bonds is 2. The Kier molecular flexibility index (Phi) is 3.48. The number of benzene rings is 3. The topological polar surface area (TPSA) is 48.2 Å². The molecule has 0 saturated carbocycles. The Morgan fingerprint density at radius 3 is 2.00 bits per heavy atom. The fourth-order valence-electron chi connectivity index (χ4n) is 2.12. The Morgan fingerprint density at radius 2 is 1.24 bits per heavy atom. The third kappa shape index (κ3) is 2.82. The number of fused-ring (bicyclic) bond motifs is 1. The van der Waals surface area contributed by atoms with E-state index in [-0.39, 0.29) is 0 Å². The Morgan fingerprint density at radius 1 is 0.619 bits per heavy atom. The van der Waals surface area contributed by atoms with E-state index in [1.807, 2.05) is 36.4 Å². The van der Waals surface area contributed by atoms with Crippen LogP contribution in [0.4, 0.5) is 0 Å². The largest absolute Gasteiger partial charge is 0.280 e. The first kappa shape index (κ1) is 13.1. The van der Waals surface area contributed by atoms with E-state index in [1.54, 1.807) is 36.4 Å². The number of hydrogen-bond donors (Lipinski definition) is 0. The summed E-state index contributed by atoms with van der Waals surface area (Å²) in [5.74, 6) is -1.04. The molecule has 0 atom stereocenters. The molecule has 3 heteroatoms. The lowest BCUT2D eigenvalue weighted by Crippen LogP contribution is -2.23. The second kappa shape index (κ2) is 5.59. The maximum absolute atomic E-state index is 12.1. The number of hydrogen-bond acceptors (Lipinski definition) is 2. The van der Waals surface area contributed by atoms with Gasteiger partial charge in [-0.15, -0.1) is 0 Å². The Balaban J connectivity index is 1.82. The summed E-state index contributed by atoms with van der Waals surface area (Å²) in [6, 6.07) is 21.6. The predicted molar refractivity (Wildman–Crippen MR) is 81.2 cm³/mol. The van der Waals surface area contributed by atoms with Gasteiger partial charge in [0.25, 0.3) is 11.8 Å². The van der Waals surface area contributed by atoms with Crippen LogP contribution in [0.15, 0.2) is 72.8 Å². The van der Waals surface area contributed by atoms with Gasteiger partial charge in [-0.1, -0.05) is 48.5 Å². The van der Waals surface area contributed by atoms with Crippen LogP contribution in [0.3, 0.4) is 0 Å². The minimum atomic E-state index is -0.520. The minimum absolute atomic E-state index is 0.409. The van der Waals surface area contributed by atoms with Crippen molar-refractivity contribution >= 4 is 22.6 Å². The molecule has 3 aromatic rings. The second-order valence-corrected chi connectivity index (χ2v) is 4.65. The number of amides is 2. The Labute approximate surface area is 122 Å². The fraction of sp³-hybridized carbons (Fsp3) is 0. The van der Waals surface area contributed by atoms with Crippen LogP contribution in [-0.4, -0.2) is 11.8 Å². The summed E-state index contributed by atoms with van der Waals surface area (Å²) in [6.07, 6.45) is 0. The van der Waals surface area contributed by atoms with Gasteiger partial charge in [0.1, 0.15) is 0 Å². The molecule has 21 heavy (non-hydrogen) atoms. The van der Waals surface area contributed by atoms with Crippen molar-refractivity contribution in [3.8, 4) is 0 Å². The summed E-state index contributed by atoms with van der Waals surface area (Å²) < 4.78 is 0. The van der Waals surface area contributed by atoms with Crippen LogP contribution in [0.2, 0.25) is 0 Å². The van der Waals surface area contributed by atoms with E-state index >= 15 is 0 Å². The van der Waals surface area contributed by atoms with Gasteiger partial charge in [-0.05, 0) is 35.0 Å². The molecule has 0 aliphatic carbocycles. The third-order valence-corrected chi connectivity index (χ3v) is 3.22. The van der Waals surface area contributed by atoms with E-state index < -0.39 is 11.8 Å². The van der Waals surface area contributed by atoms with Crippen molar-refractivity contribution in [3.63, 3.8) is 0 Å². The van der Waals surface area contributed by atoms with Crippen LogP contribution in [-0.2, 0) is 0 Å². The van der Waals surface area contributed by atoms with Crippen molar-refractivity contribution in [1.82, 2.24) is 5.32 Å². The van der Waals surface area contributed by atoms with Gasteiger partial charge >= 0.3 is 0 Å². The zero-order valence-electron chi connectivity index (χ0n) is 11.2. The molecular weight excluding hydrogens is 262 g/mol. The highest BCUT2D eigenvalue weighted by Gasteiger charge is 2.14. The van der Waals surface area contributed by atoms with Gasteiger partial charge in [0, 0.05) is 11.1 Å². The zero-order chi connectivity index (χ0) is 14.7. The average molecular weight is 274 g/mol. The zero-order valence-corrected chi connectivity index (χ0v) is 11.2. The molecule has 0 fully saturated rings. The fourth-order valence-corrected chi connectivity index (χ4v) is 2.12. The normalized spacial score (nSPS) is 10.3. The molecule has 0 heterocycles. The molecule has 3 nitrogen and oxygen atoms in total. The lowest BCUT2D eigenvalue weighted by Gasteiger charge is -2.03. The summed E-state index contributed by atoms with van der Waals surface area (Å²) in [7, 11) is 0. The molecule has 0 aromatic heterocycles. The molecular formula is C18H12NO2. The first-order chi connectivity index (χ1) is 10.2. The number of imide groups is 1. The highest BCUT2D eigenvalue weighted by atomic mass is 16.2. The highest BCUT2D eigenvalue weighted by Crippen LogP contribution is 2.15. The van der Waals surface area contributed by atoms with Gasteiger partial charge in [-0.3, -0.25) is 9.59 Å². The Hall–Kier alpha value is -2.94. The monoisotopic (exact) mass is 274 g/mol. The summed E-state index contributed by atoms with van der Waals surface area (Å²) in [5.41, 5.74) is 0.824. The molecule has 2 amide bonds. The van der Waals surface area contributed by atoms with Crippen LogP contribution < -0.4 is 5.32 Å². The molecule has 3 rings (SSSR count). The van der Waals surface area contributed by atoms with Crippen LogP contribution in [0.1, 0.15) is 20.7 Å². The SMILES string of the molecule is O=C([N]C(=O)c1ccc2ccccc2c1)c1ccccc1. The lowest BCUT2D eigenvalue weighted by atomic mass is 10.1. The first-order valence-corrected chi connectivity index (χ1v) is 6.58.